The van der Waals surface area contributed by atoms with Crippen molar-refractivity contribution in [1.29, 1.82) is 0 Å². The first-order chi connectivity index (χ1) is 18.9. The molecule has 2 N–H and O–H groups in total. The van der Waals surface area contributed by atoms with Gasteiger partial charge in [0.25, 0.3) is 0 Å². The molecular weight excluding hydrogens is 527 g/mol. The third-order valence-corrected chi connectivity index (χ3v) is 8.45. The van der Waals surface area contributed by atoms with Crippen molar-refractivity contribution < 1.29 is 12.8 Å². The summed E-state index contributed by atoms with van der Waals surface area (Å²) in [5.41, 5.74) is 11.7. The lowest BCUT2D eigenvalue weighted by Crippen LogP contribution is -2.26. The van der Waals surface area contributed by atoms with Crippen LogP contribution in [0, 0.1) is 12.7 Å². The molecule has 0 fully saturated rings. The first kappa shape index (κ1) is 25.8. The lowest BCUT2D eigenvalue weighted by Gasteiger charge is -2.27. The summed E-state index contributed by atoms with van der Waals surface area (Å²) in [5, 5.41) is 0.750. The van der Waals surface area contributed by atoms with Crippen LogP contribution in [0.4, 0.5) is 21.7 Å². The summed E-state index contributed by atoms with van der Waals surface area (Å²) in [6.45, 7) is 6.76. The second kappa shape index (κ2) is 9.06. The molecule has 0 aliphatic carbocycles. The molecule has 0 unspecified atom stereocenters. The van der Waals surface area contributed by atoms with Crippen LogP contribution in [0.3, 0.4) is 0 Å². The lowest BCUT2D eigenvalue weighted by atomic mass is 9.91. The van der Waals surface area contributed by atoms with Crippen molar-refractivity contribution in [1.82, 2.24) is 19.9 Å². The molecule has 0 radical (unpaired) electrons. The van der Waals surface area contributed by atoms with E-state index in [1.807, 2.05) is 13.0 Å². The van der Waals surface area contributed by atoms with Gasteiger partial charge in [0, 0.05) is 53.2 Å². The van der Waals surface area contributed by atoms with Crippen LogP contribution in [0.5, 0.6) is 0 Å². The van der Waals surface area contributed by atoms with Crippen molar-refractivity contribution in [2.75, 3.05) is 23.4 Å². The number of nitrogens with two attached hydrogens (primary N) is 1. The van der Waals surface area contributed by atoms with E-state index in [-0.39, 0.29) is 16.3 Å². The van der Waals surface area contributed by atoms with Gasteiger partial charge in [-0.2, -0.15) is 0 Å². The molecule has 6 rings (SSSR count). The minimum Gasteiger partial charge on any atom is -0.368 e. The molecule has 3 aromatic heterocycles. The highest BCUT2D eigenvalue weighted by Gasteiger charge is 2.39. The Bertz CT molecular complexity index is 1940. The molecule has 1 aliphatic heterocycles. The Morgan fingerprint density at radius 2 is 1.80 bits per heavy atom. The predicted molar refractivity (Wildman–Crippen MR) is 155 cm³/mol. The average molecular weight is 555 g/mol. The zero-order valence-electron chi connectivity index (χ0n) is 22.5. The molecule has 8 nitrogen and oxygen atoms in total. The third kappa shape index (κ3) is 4.24. The fourth-order valence-corrected chi connectivity index (χ4v) is 6.41. The predicted octanol–water partition coefficient (Wildman–Crippen LogP) is 5.62. The topological polar surface area (TPSA) is 115 Å². The van der Waals surface area contributed by atoms with Crippen molar-refractivity contribution in [3.05, 3.63) is 84.1 Å². The fraction of sp³-hybridized carbons (Fsp3) is 0.200. The van der Waals surface area contributed by atoms with E-state index in [1.54, 1.807) is 48.8 Å². The number of halogens is 1. The maximum Gasteiger partial charge on any atom is 0.220 e. The van der Waals surface area contributed by atoms with Crippen molar-refractivity contribution in [2.24, 2.45) is 0 Å². The van der Waals surface area contributed by atoms with Gasteiger partial charge < -0.3 is 10.6 Å². The number of sulfone groups is 1. The van der Waals surface area contributed by atoms with Gasteiger partial charge in [0.2, 0.25) is 5.95 Å². The van der Waals surface area contributed by atoms with Crippen LogP contribution in [-0.2, 0) is 15.3 Å². The molecule has 40 heavy (non-hydrogen) atoms. The number of nitrogens with zero attached hydrogens (tertiary/aromatic N) is 5. The highest BCUT2D eigenvalue weighted by Crippen LogP contribution is 2.48. The van der Waals surface area contributed by atoms with Crippen molar-refractivity contribution in [2.45, 2.75) is 31.1 Å². The van der Waals surface area contributed by atoms with E-state index in [1.165, 1.54) is 18.4 Å². The smallest absolute Gasteiger partial charge is 0.220 e. The van der Waals surface area contributed by atoms with Crippen LogP contribution in [0.15, 0.2) is 71.9 Å². The molecule has 2 aromatic carbocycles. The van der Waals surface area contributed by atoms with Crippen LogP contribution in [0.1, 0.15) is 25.1 Å². The Kier molecular flexibility index (Phi) is 5.85. The van der Waals surface area contributed by atoms with Crippen LogP contribution < -0.4 is 10.6 Å². The minimum absolute atomic E-state index is 0.166. The van der Waals surface area contributed by atoms with Gasteiger partial charge in [0.05, 0.1) is 38.9 Å². The number of fused-ring (bicyclic) bond motifs is 2. The molecule has 5 aromatic rings. The molecule has 0 amide bonds. The van der Waals surface area contributed by atoms with E-state index in [0.717, 1.165) is 33.6 Å². The summed E-state index contributed by atoms with van der Waals surface area (Å²) in [6, 6.07) is 15.1. The lowest BCUT2D eigenvalue weighted by molar-refractivity contribution is 0.554. The fourth-order valence-electron chi connectivity index (χ4n) is 5.52. The standard InChI is InChI=1S/C30H27FN6O2S/c1-17-26(21-7-5-6-8-25(21)40(4,38)39)35-23-14-19(31)9-10-20(23)27(17)37-16-30(2,3)28-24(37)13-18(15-34-28)22-11-12-33-29(32)36-22/h5-15H,16H2,1-4H3,(H2,32,33,36). The van der Waals surface area contributed by atoms with Crippen LogP contribution in [-0.4, -0.2) is 41.2 Å². The van der Waals surface area contributed by atoms with Gasteiger partial charge in [0.1, 0.15) is 5.82 Å². The maximum absolute atomic E-state index is 14.5. The number of aromatic nitrogens is 4. The van der Waals surface area contributed by atoms with E-state index in [4.69, 9.17) is 15.7 Å². The molecule has 0 spiro atoms. The molecule has 0 saturated heterocycles. The molecule has 0 saturated carbocycles. The quantitative estimate of drug-likeness (QED) is 0.305. The van der Waals surface area contributed by atoms with Gasteiger partial charge >= 0.3 is 0 Å². The Morgan fingerprint density at radius 1 is 1.02 bits per heavy atom. The summed E-state index contributed by atoms with van der Waals surface area (Å²) < 4.78 is 39.9. The average Bonchev–Trinajstić information content (AvgIpc) is 3.17. The molecule has 202 valence electrons. The first-order valence-corrected chi connectivity index (χ1v) is 14.6. The second-order valence-corrected chi connectivity index (χ2v) is 12.7. The summed E-state index contributed by atoms with van der Waals surface area (Å²) in [5.74, 6) is -0.257. The van der Waals surface area contributed by atoms with E-state index in [0.29, 0.717) is 29.0 Å². The SMILES string of the molecule is Cc1c(-c2ccccc2S(C)(=O)=O)nc2cc(F)ccc2c1N1CC(C)(C)c2ncc(-c3ccnc(N)n3)cc21. The first-order valence-electron chi connectivity index (χ1n) is 12.7. The zero-order valence-corrected chi connectivity index (χ0v) is 23.3. The maximum atomic E-state index is 14.5. The number of hydrogen-bond acceptors (Lipinski definition) is 8. The van der Waals surface area contributed by atoms with Gasteiger partial charge in [-0.3, -0.25) is 4.98 Å². The number of nitrogen functional groups attached to an aromatic ring is 1. The molecule has 4 heterocycles. The van der Waals surface area contributed by atoms with Gasteiger partial charge in [0.15, 0.2) is 9.84 Å². The highest BCUT2D eigenvalue weighted by atomic mass is 32.2. The third-order valence-electron chi connectivity index (χ3n) is 7.29. The van der Waals surface area contributed by atoms with Gasteiger partial charge in [-0.15, -0.1) is 0 Å². The zero-order chi connectivity index (χ0) is 28.4. The number of hydrogen-bond donors (Lipinski definition) is 1. The number of pyridine rings is 2. The summed E-state index contributed by atoms with van der Waals surface area (Å²) in [6.07, 6.45) is 4.56. The Hall–Kier alpha value is -4.44. The Labute approximate surface area is 231 Å². The van der Waals surface area contributed by atoms with E-state index in [2.05, 4.69) is 28.7 Å². The summed E-state index contributed by atoms with van der Waals surface area (Å²) >= 11 is 0. The van der Waals surface area contributed by atoms with Crippen LogP contribution in [0.25, 0.3) is 33.4 Å². The van der Waals surface area contributed by atoms with E-state index >= 15 is 0 Å². The van der Waals surface area contributed by atoms with Crippen LogP contribution >= 0.6 is 0 Å². The number of rotatable bonds is 4. The van der Waals surface area contributed by atoms with Crippen LogP contribution in [0.2, 0.25) is 0 Å². The molecule has 0 atom stereocenters. The second-order valence-electron chi connectivity index (χ2n) is 10.7. The molecule has 1 aliphatic rings. The number of benzene rings is 2. The van der Waals surface area contributed by atoms with Gasteiger partial charge in [-0.05, 0) is 42.8 Å². The van der Waals surface area contributed by atoms with Crippen molar-refractivity contribution >= 4 is 38.1 Å². The Balaban J connectivity index is 1.65. The minimum atomic E-state index is -3.56. The summed E-state index contributed by atoms with van der Waals surface area (Å²) in [4.78, 5) is 20.3. The molecule has 0 bridgehead atoms. The number of anilines is 3. The Morgan fingerprint density at radius 3 is 2.55 bits per heavy atom. The van der Waals surface area contributed by atoms with Gasteiger partial charge in [-0.1, -0.05) is 32.0 Å². The normalized spacial score (nSPS) is 14.5. The highest BCUT2D eigenvalue weighted by molar-refractivity contribution is 7.90. The van der Waals surface area contributed by atoms with E-state index in [9.17, 15) is 12.8 Å². The largest absolute Gasteiger partial charge is 0.368 e. The van der Waals surface area contributed by atoms with E-state index < -0.39 is 15.7 Å². The molecular formula is C30H27FN6O2S. The summed E-state index contributed by atoms with van der Waals surface area (Å²) in [7, 11) is -3.56. The molecule has 10 heteroatoms. The monoisotopic (exact) mass is 554 g/mol. The van der Waals surface area contributed by atoms with Crippen molar-refractivity contribution in [3.8, 4) is 22.5 Å². The van der Waals surface area contributed by atoms with Gasteiger partial charge in [-0.25, -0.2) is 27.8 Å². The van der Waals surface area contributed by atoms with Crippen molar-refractivity contribution in [3.63, 3.8) is 0 Å².